The van der Waals surface area contributed by atoms with Crippen molar-refractivity contribution >= 4 is 35.5 Å². The van der Waals surface area contributed by atoms with E-state index in [1.54, 1.807) is 15.8 Å². The number of para-hydroxylation sites is 2. The van der Waals surface area contributed by atoms with Gasteiger partial charge in [-0.15, -0.1) is 0 Å². The lowest BCUT2D eigenvalue weighted by molar-refractivity contribution is -0.113. The van der Waals surface area contributed by atoms with E-state index >= 15 is 0 Å². The molecule has 0 fully saturated rings. The maximum absolute atomic E-state index is 14.2. The maximum Gasteiger partial charge on any atom is 0.283 e. The Kier molecular flexibility index (Phi) is 6.50. The molecule has 6 nitrogen and oxygen atoms in total. The van der Waals surface area contributed by atoms with Gasteiger partial charge in [0.2, 0.25) is 0 Å². The zero-order chi connectivity index (χ0) is 26.6. The van der Waals surface area contributed by atoms with Crippen LogP contribution >= 0.6 is 0 Å². The molecule has 1 aliphatic heterocycles. The molecule has 6 rings (SSSR count). The Bertz CT molecular complexity index is 1700. The molecule has 4 aromatic carbocycles. The molecular weight excluding hydrogens is 482 g/mol. The molecule has 39 heavy (non-hydrogen) atoms. The lowest BCUT2D eigenvalue weighted by atomic mass is 10.1. The third kappa shape index (κ3) is 4.83. The Morgan fingerprint density at radius 3 is 2.00 bits per heavy atom. The Hall–Kier alpha value is -5.36. The zero-order valence-corrected chi connectivity index (χ0v) is 21.3. The van der Waals surface area contributed by atoms with Crippen LogP contribution in [0, 0.1) is 6.92 Å². The summed E-state index contributed by atoms with van der Waals surface area (Å²) in [6.07, 6.45) is 3.60. The summed E-state index contributed by atoms with van der Waals surface area (Å²) in [5.74, 6) is 0.890. The van der Waals surface area contributed by atoms with E-state index in [9.17, 15) is 4.79 Å². The van der Waals surface area contributed by atoms with E-state index in [1.165, 1.54) is 0 Å². The van der Waals surface area contributed by atoms with Crippen LogP contribution in [-0.2, 0) is 4.79 Å². The van der Waals surface area contributed by atoms with Gasteiger partial charge in [0.25, 0.3) is 5.91 Å². The summed E-state index contributed by atoms with van der Waals surface area (Å²) in [7, 11) is 0. The first-order chi connectivity index (χ1) is 19.2. The lowest BCUT2D eigenvalue weighted by Crippen LogP contribution is -2.35. The van der Waals surface area contributed by atoms with Crippen molar-refractivity contribution in [2.45, 2.75) is 6.92 Å². The van der Waals surface area contributed by atoms with Crippen molar-refractivity contribution in [2.24, 2.45) is 9.98 Å². The smallest absolute Gasteiger partial charge is 0.266 e. The second-order valence-corrected chi connectivity index (χ2v) is 9.05. The van der Waals surface area contributed by atoms with Crippen LogP contribution in [0.2, 0.25) is 0 Å². The Morgan fingerprint density at radius 2 is 1.33 bits per heavy atom. The minimum atomic E-state index is -0.232. The second kappa shape index (κ2) is 10.6. The molecule has 2 heterocycles. The van der Waals surface area contributed by atoms with Crippen LogP contribution in [0.3, 0.4) is 0 Å². The fraction of sp³-hybridized carbons (Fsp3) is 0.0303. The van der Waals surface area contributed by atoms with E-state index in [2.05, 4.69) is 0 Å². The summed E-state index contributed by atoms with van der Waals surface area (Å²) >= 11 is 0. The quantitative estimate of drug-likeness (QED) is 0.188. The number of aliphatic imine (C=N–C) groups is 2. The molecule has 188 valence electrons. The number of aryl methyl sites for hydroxylation is 1. The largest absolute Gasteiger partial charge is 0.283 e. The van der Waals surface area contributed by atoms with Gasteiger partial charge in [0.1, 0.15) is 11.5 Å². The number of hydrogen-bond acceptors (Lipinski definition) is 4. The zero-order valence-electron chi connectivity index (χ0n) is 21.3. The summed E-state index contributed by atoms with van der Waals surface area (Å²) in [6.45, 7) is 1.93. The molecule has 6 heteroatoms. The lowest BCUT2D eigenvalue weighted by Gasteiger charge is -2.21. The third-order valence-electron chi connectivity index (χ3n) is 6.39. The van der Waals surface area contributed by atoms with Gasteiger partial charge in [0.15, 0.2) is 5.82 Å². The van der Waals surface area contributed by atoms with Crippen molar-refractivity contribution in [3.05, 3.63) is 149 Å². The number of nitrogens with zero attached hydrogens (tertiary/aromatic N) is 5. The van der Waals surface area contributed by atoms with Crippen molar-refractivity contribution in [1.82, 2.24) is 9.78 Å². The van der Waals surface area contributed by atoms with Crippen molar-refractivity contribution in [1.29, 1.82) is 0 Å². The number of anilines is 1. The van der Waals surface area contributed by atoms with Gasteiger partial charge in [0, 0.05) is 11.8 Å². The van der Waals surface area contributed by atoms with E-state index in [0.29, 0.717) is 17.4 Å². The van der Waals surface area contributed by atoms with Crippen LogP contribution in [0.4, 0.5) is 11.5 Å². The van der Waals surface area contributed by atoms with Crippen LogP contribution in [0.15, 0.2) is 137 Å². The van der Waals surface area contributed by atoms with Gasteiger partial charge in [-0.1, -0.05) is 97.1 Å². The van der Waals surface area contributed by atoms with Crippen LogP contribution in [0.25, 0.3) is 11.8 Å². The molecule has 1 aliphatic rings. The molecule has 0 aliphatic carbocycles. The Balaban J connectivity index is 1.57. The number of amidine groups is 1. The van der Waals surface area contributed by atoms with Crippen LogP contribution < -0.4 is 4.90 Å². The summed E-state index contributed by atoms with van der Waals surface area (Å²) in [4.78, 5) is 25.4. The minimum absolute atomic E-state index is 0.232. The van der Waals surface area contributed by atoms with Gasteiger partial charge in [-0.05, 0) is 42.8 Å². The topological polar surface area (TPSA) is 62.9 Å². The molecular formula is C33H25N5O. The average Bonchev–Trinajstić information content (AvgIpc) is 3.49. The second-order valence-electron chi connectivity index (χ2n) is 9.05. The van der Waals surface area contributed by atoms with Gasteiger partial charge < -0.3 is 0 Å². The summed E-state index contributed by atoms with van der Waals surface area (Å²) in [5, 5.41) is 4.87. The summed E-state index contributed by atoms with van der Waals surface area (Å²) in [6, 6.07) is 39.0. The van der Waals surface area contributed by atoms with Gasteiger partial charge in [0.05, 0.1) is 22.6 Å². The average molecular weight is 508 g/mol. The summed E-state index contributed by atoms with van der Waals surface area (Å²) < 4.78 is 1.80. The highest BCUT2D eigenvalue weighted by atomic mass is 16.2. The molecule has 0 N–H and O–H groups in total. The Labute approximate surface area is 226 Å². The first kappa shape index (κ1) is 24.0. The fourth-order valence-corrected chi connectivity index (χ4v) is 4.50. The monoisotopic (exact) mass is 507 g/mol. The molecule has 1 amide bonds. The summed E-state index contributed by atoms with van der Waals surface area (Å²) in [5.41, 5.74) is 5.20. The van der Waals surface area contributed by atoms with E-state index in [-0.39, 0.29) is 5.91 Å². The van der Waals surface area contributed by atoms with Crippen molar-refractivity contribution in [3.8, 4) is 5.69 Å². The van der Waals surface area contributed by atoms with Gasteiger partial charge in [-0.2, -0.15) is 5.10 Å². The molecule has 0 bridgehead atoms. The molecule has 0 atom stereocenters. The normalized spacial score (nSPS) is 14.4. The van der Waals surface area contributed by atoms with Gasteiger partial charge >= 0.3 is 0 Å². The van der Waals surface area contributed by atoms with Gasteiger partial charge in [-0.3, -0.25) is 9.79 Å². The predicted octanol–water partition coefficient (Wildman–Crippen LogP) is 6.77. The number of rotatable bonds is 6. The van der Waals surface area contributed by atoms with E-state index in [1.807, 2.05) is 134 Å². The van der Waals surface area contributed by atoms with Crippen LogP contribution in [-0.4, -0.2) is 27.7 Å². The molecule has 1 aromatic heterocycles. The molecule has 0 unspecified atom stereocenters. The number of benzene rings is 4. The predicted molar refractivity (Wildman–Crippen MR) is 157 cm³/mol. The third-order valence-corrected chi connectivity index (χ3v) is 6.39. The minimum Gasteiger partial charge on any atom is -0.266 e. The van der Waals surface area contributed by atoms with Crippen LogP contribution in [0.5, 0.6) is 0 Å². The molecule has 0 spiro atoms. The Morgan fingerprint density at radius 1 is 0.744 bits per heavy atom. The fourth-order valence-electron chi connectivity index (χ4n) is 4.50. The highest BCUT2D eigenvalue weighted by Crippen LogP contribution is 2.33. The number of carbonyl (C=O) groups excluding carboxylic acids is 1. The highest BCUT2D eigenvalue weighted by Gasteiger charge is 2.37. The molecule has 0 saturated heterocycles. The van der Waals surface area contributed by atoms with Crippen molar-refractivity contribution < 1.29 is 4.79 Å². The molecule has 0 saturated carbocycles. The van der Waals surface area contributed by atoms with Gasteiger partial charge in [-0.25, -0.2) is 14.6 Å². The highest BCUT2D eigenvalue weighted by molar-refractivity contribution is 6.33. The number of carbonyl (C=O) groups is 1. The molecule has 0 radical (unpaired) electrons. The first-order valence-electron chi connectivity index (χ1n) is 12.7. The van der Waals surface area contributed by atoms with Crippen molar-refractivity contribution in [3.63, 3.8) is 0 Å². The SMILES string of the molecule is Cc1nn(-c2ccccc2)c(N2C(=O)/C(=C/c3ccccc3)N=C2c2ccccc2)c1C=Nc1ccccc1. The standard InChI is InChI=1S/C33H25N5O/c1-24-29(23-34-27-18-10-4-11-19-27)32(38(36-24)28-20-12-5-13-21-28)37-31(26-16-8-3-9-17-26)35-30(33(37)39)22-25-14-6-2-7-15-25/h2-23H,1H3/b30-22-,34-23?. The first-order valence-corrected chi connectivity index (χ1v) is 12.7. The van der Waals surface area contributed by atoms with E-state index in [4.69, 9.17) is 15.1 Å². The number of hydrogen-bond donors (Lipinski definition) is 0. The number of amides is 1. The molecule has 5 aromatic rings. The van der Waals surface area contributed by atoms with E-state index < -0.39 is 0 Å². The maximum atomic E-state index is 14.2. The van der Waals surface area contributed by atoms with E-state index in [0.717, 1.165) is 33.8 Å². The number of aromatic nitrogens is 2. The van der Waals surface area contributed by atoms with Crippen LogP contribution in [0.1, 0.15) is 22.4 Å². The van der Waals surface area contributed by atoms with Crippen molar-refractivity contribution in [2.75, 3.05) is 4.90 Å².